The van der Waals surface area contributed by atoms with Gasteiger partial charge in [0.2, 0.25) is 0 Å². The summed E-state index contributed by atoms with van der Waals surface area (Å²) in [6.07, 6.45) is 8.10. The molecule has 5 rings (SSSR count). The Kier molecular flexibility index (Phi) is 24.0. The molecule has 20 nitrogen and oxygen atoms in total. The summed E-state index contributed by atoms with van der Waals surface area (Å²) >= 11 is 0. The molecule has 0 saturated heterocycles. The Labute approximate surface area is 452 Å². The SMILES string of the molecule is C=CC(=O)OCCCCOC(=O)[C@H]1CC[C@H](C(=O)Oc2ccc(OC(=O)[C@H]3CC[C@H](C(=O)Oc4ccc(OC(=O)[C@H]5CC[C@H](C(=O)OCCCCOC(=O)C=C)CC5)c(C(=O)OC(=C)C)c4)CC3)cc2C(=O)OC(=C)C)CC1. The van der Waals surface area contributed by atoms with Crippen molar-refractivity contribution in [2.45, 2.75) is 117 Å². The van der Waals surface area contributed by atoms with E-state index in [0.29, 0.717) is 77.0 Å². The van der Waals surface area contributed by atoms with Gasteiger partial charge in [0.05, 0.1) is 73.5 Å². The van der Waals surface area contributed by atoms with Crippen LogP contribution in [0.2, 0.25) is 0 Å². The second-order valence-electron chi connectivity index (χ2n) is 19.3. The Hall–Kier alpha value is -7.90. The Bertz CT molecular complexity index is 2390. The fraction of sp³-hybridized carbons (Fsp3) is 0.483. The first-order chi connectivity index (χ1) is 37.3. The average molecular weight is 1090 g/mol. The molecule has 3 fully saturated rings. The lowest BCUT2D eigenvalue weighted by Gasteiger charge is -2.26. The molecule has 0 unspecified atom stereocenters. The molecule has 0 radical (unpaired) electrons. The molecule has 2 aromatic carbocycles. The maximum Gasteiger partial charge on any atom is 0.347 e. The largest absolute Gasteiger partial charge is 0.465 e. The highest BCUT2D eigenvalue weighted by atomic mass is 16.6. The van der Waals surface area contributed by atoms with E-state index in [1.54, 1.807) is 0 Å². The van der Waals surface area contributed by atoms with E-state index < -0.39 is 83.3 Å². The van der Waals surface area contributed by atoms with Gasteiger partial charge in [0.25, 0.3) is 0 Å². The Morgan fingerprint density at radius 1 is 0.410 bits per heavy atom. The normalized spacial score (nSPS) is 19.7. The highest BCUT2D eigenvalue weighted by Crippen LogP contribution is 2.37. The first-order valence-electron chi connectivity index (χ1n) is 26.2. The predicted octanol–water partition coefficient (Wildman–Crippen LogP) is 8.91. The van der Waals surface area contributed by atoms with Crippen molar-refractivity contribution in [2.75, 3.05) is 26.4 Å². The zero-order chi connectivity index (χ0) is 56.7. The standard InChI is InChI=1S/C58H68O20/c1-7-49(59)69-29-9-11-31-71-51(61)37-13-17-41(18-14-37)55(65)77-47-27-25-43(33-45(47)57(67)73-35(3)4)75-53(63)39-21-23-40(24-22-39)54(64)76-44-26-28-48(46(34-44)58(68)74-36(5)6)78-56(66)42-19-15-38(16-20-42)52(62)72-32-12-10-30-70-50(60)8-2/h7-8,25-28,33-34,37-42H,1-3,5,9-24,29-32H2,4,6H3/t37-,38-,39-,40-,41-,42-. The second-order valence-corrected chi connectivity index (χ2v) is 19.3. The summed E-state index contributed by atoms with van der Waals surface area (Å²) in [5.41, 5.74) is -0.394. The third kappa shape index (κ3) is 19.3. The van der Waals surface area contributed by atoms with E-state index in [1.807, 2.05) is 0 Å². The number of ether oxygens (including phenoxy) is 10. The smallest absolute Gasteiger partial charge is 0.347 e. The molecule has 0 N–H and O–H groups in total. The third-order valence-corrected chi connectivity index (χ3v) is 13.3. The highest BCUT2D eigenvalue weighted by Gasteiger charge is 2.36. The van der Waals surface area contributed by atoms with Gasteiger partial charge in [0.15, 0.2) is 0 Å². The zero-order valence-electron chi connectivity index (χ0n) is 44.2. The molecule has 3 aliphatic carbocycles. The first kappa shape index (κ1) is 61.0. The number of benzene rings is 2. The van der Waals surface area contributed by atoms with Crippen LogP contribution in [0.25, 0.3) is 0 Å². The van der Waals surface area contributed by atoms with E-state index in [4.69, 9.17) is 47.4 Å². The van der Waals surface area contributed by atoms with Crippen LogP contribution in [0.5, 0.6) is 23.0 Å². The van der Waals surface area contributed by atoms with Crippen LogP contribution in [0.1, 0.15) is 137 Å². The van der Waals surface area contributed by atoms with Crippen molar-refractivity contribution >= 4 is 59.7 Å². The number of carbonyl (C=O) groups is 10. The molecule has 420 valence electrons. The summed E-state index contributed by atoms with van der Waals surface area (Å²) in [7, 11) is 0. The van der Waals surface area contributed by atoms with Crippen LogP contribution in [-0.2, 0) is 66.8 Å². The summed E-state index contributed by atoms with van der Waals surface area (Å²) in [5, 5.41) is 0. The van der Waals surface area contributed by atoms with Gasteiger partial charge in [-0.25, -0.2) is 19.2 Å². The summed E-state index contributed by atoms with van der Waals surface area (Å²) in [6, 6.07) is 7.83. The predicted molar refractivity (Wildman–Crippen MR) is 275 cm³/mol. The molecule has 78 heavy (non-hydrogen) atoms. The van der Waals surface area contributed by atoms with Gasteiger partial charge >= 0.3 is 59.7 Å². The van der Waals surface area contributed by atoms with Crippen LogP contribution in [0.3, 0.4) is 0 Å². The van der Waals surface area contributed by atoms with E-state index in [2.05, 4.69) is 26.3 Å². The second kappa shape index (κ2) is 30.7. The van der Waals surface area contributed by atoms with Crippen LogP contribution in [0.4, 0.5) is 0 Å². The fourth-order valence-corrected chi connectivity index (χ4v) is 9.00. The van der Waals surface area contributed by atoms with E-state index in [9.17, 15) is 47.9 Å². The van der Waals surface area contributed by atoms with Crippen molar-refractivity contribution in [2.24, 2.45) is 35.5 Å². The van der Waals surface area contributed by atoms with E-state index in [-0.39, 0.29) is 110 Å². The molecular weight excluding hydrogens is 1020 g/mol. The van der Waals surface area contributed by atoms with Crippen molar-refractivity contribution in [3.63, 3.8) is 0 Å². The number of hydrogen-bond donors (Lipinski definition) is 0. The van der Waals surface area contributed by atoms with Crippen LogP contribution in [-0.4, -0.2) is 86.1 Å². The van der Waals surface area contributed by atoms with Crippen LogP contribution in [0.15, 0.2) is 86.4 Å². The van der Waals surface area contributed by atoms with Crippen molar-refractivity contribution in [3.05, 3.63) is 97.5 Å². The van der Waals surface area contributed by atoms with Crippen molar-refractivity contribution in [3.8, 4) is 23.0 Å². The number of unbranched alkanes of at least 4 members (excludes halogenated alkanes) is 2. The molecule has 20 heteroatoms. The van der Waals surface area contributed by atoms with Gasteiger partial charge in [-0.15, -0.1) is 0 Å². The number of esters is 10. The summed E-state index contributed by atoms with van der Waals surface area (Å²) in [5.74, 6) is -9.45. The fourth-order valence-electron chi connectivity index (χ4n) is 9.00. The topological polar surface area (TPSA) is 263 Å². The summed E-state index contributed by atoms with van der Waals surface area (Å²) in [4.78, 5) is 128. The van der Waals surface area contributed by atoms with Gasteiger partial charge < -0.3 is 47.4 Å². The highest BCUT2D eigenvalue weighted by molar-refractivity contribution is 5.96. The molecule has 0 heterocycles. The molecule has 0 aliphatic heterocycles. The van der Waals surface area contributed by atoms with Crippen LogP contribution < -0.4 is 18.9 Å². The quantitative estimate of drug-likeness (QED) is 0.0212. The van der Waals surface area contributed by atoms with E-state index in [1.165, 1.54) is 50.2 Å². The van der Waals surface area contributed by atoms with Crippen LogP contribution >= 0.6 is 0 Å². The molecule has 2 aromatic rings. The molecule has 0 bridgehead atoms. The van der Waals surface area contributed by atoms with Crippen molar-refractivity contribution < 1.29 is 95.3 Å². The summed E-state index contributed by atoms with van der Waals surface area (Å²) in [6.45, 7) is 17.5. The van der Waals surface area contributed by atoms with Gasteiger partial charge in [0.1, 0.15) is 34.1 Å². The third-order valence-electron chi connectivity index (χ3n) is 13.3. The lowest BCUT2D eigenvalue weighted by molar-refractivity contribution is -0.152. The monoisotopic (exact) mass is 1080 g/mol. The van der Waals surface area contributed by atoms with Gasteiger partial charge in [-0.1, -0.05) is 26.3 Å². The van der Waals surface area contributed by atoms with Gasteiger partial charge in [0, 0.05) is 12.2 Å². The van der Waals surface area contributed by atoms with E-state index in [0.717, 1.165) is 12.2 Å². The molecular formula is C58H68O20. The van der Waals surface area contributed by atoms with Gasteiger partial charge in [-0.2, -0.15) is 0 Å². The number of allylic oxidation sites excluding steroid dienone is 2. The molecule has 0 aromatic heterocycles. The molecule has 3 saturated carbocycles. The maximum absolute atomic E-state index is 13.5. The van der Waals surface area contributed by atoms with E-state index >= 15 is 0 Å². The average Bonchev–Trinajstić information content (AvgIpc) is 3.47. The molecule has 0 amide bonds. The maximum atomic E-state index is 13.5. The zero-order valence-corrected chi connectivity index (χ0v) is 44.2. The lowest BCUT2D eigenvalue weighted by atomic mass is 9.82. The first-order valence-corrected chi connectivity index (χ1v) is 26.2. The Morgan fingerprint density at radius 3 is 0.962 bits per heavy atom. The number of hydrogen-bond acceptors (Lipinski definition) is 20. The molecule has 0 spiro atoms. The van der Waals surface area contributed by atoms with Gasteiger partial charge in [-0.05, 0) is 153 Å². The minimum Gasteiger partial charge on any atom is -0.465 e. The Morgan fingerprint density at radius 2 is 0.679 bits per heavy atom. The minimum absolute atomic E-state index is 0.0255. The molecule has 0 atom stereocenters. The van der Waals surface area contributed by atoms with Crippen molar-refractivity contribution in [1.82, 2.24) is 0 Å². The van der Waals surface area contributed by atoms with Crippen molar-refractivity contribution in [1.29, 1.82) is 0 Å². The number of rotatable bonds is 26. The minimum atomic E-state index is -0.907. The Balaban J connectivity index is 1.10. The van der Waals surface area contributed by atoms with Gasteiger partial charge in [-0.3, -0.25) is 28.8 Å². The molecule has 3 aliphatic rings. The van der Waals surface area contributed by atoms with Crippen LogP contribution in [0, 0.1) is 35.5 Å². The lowest BCUT2D eigenvalue weighted by Crippen LogP contribution is -2.30. The summed E-state index contributed by atoms with van der Waals surface area (Å²) < 4.78 is 53.8. The number of carbonyl (C=O) groups excluding carboxylic acids is 10.